The van der Waals surface area contributed by atoms with Gasteiger partial charge in [0.15, 0.2) is 18.1 Å². The first kappa shape index (κ1) is 23.1. The first-order chi connectivity index (χ1) is 14.8. The molecule has 168 valence electrons. The number of hydrogen-bond acceptors (Lipinski definition) is 5. The molecule has 0 bridgehead atoms. The minimum Gasteiger partial charge on any atom is -0.484 e. The second-order valence-electron chi connectivity index (χ2n) is 8.24. The number of nitrogens with zero attached hydrogens (tertiary/aromatic N) is 1. The van der Waals surface area contributed by atoms with Crippen molar-refractivity contribution < 1.29 is 19.0 Å². The zero-order valence-electron chi connectivity index (χ0n) is 18.4. The molecule has 0 aromatic heterocycles. The maximum absolute atomic E-state index is 12.5. The van der Waals surface area contributed by atoms with Crippen LogP contribution in [0.15, 0.2) is 18.2 Å². The van der Waals surface area contributed by atoms with Gasteiger partial charge in [-0.15, -0.1) is 0 Å². The summed E-state index contributed by atoms with van der Waals surface area (Å²) >= 11 is 1.98. The van der Waals surface area contributed by atoms with Crippen LogP contribution in [0.4, 0.5) is 0 Å². The molecule has 1 aromatic rings. The molecular formula is C24H37NO4S. The molecule has 1 aromatic carbocycles. The van der Waals surface area contributed by atoms with Crippen molar-refractivity contribution in [1.29, 1.82) is 0 Å². The smallest absolute Gasteiger partial charge is 0.260 e. The van der Waals surface area contributed by atoms with Gasteiger partial charge in [0, 0.05) is 24.9 Å². The van der Waals surface area contributed by atoms with Crippen molar-refractivity contribution in [3.8, 4) is 17.2 Å². The zero-order valence-corrected chi connectivity index (χ0v) is 19.2. The van der Waals surface area contributed by atoms with E-state index in [0.29, 0.717) is 18.0 Å². The number of carbonyl (C=O) groups is 1. The van der Waals surface area contributed by atoms with Gasteiger partial charge in [-0.05, 0) is 43.6 Å². The average Bonchev–Trinajstić information content (AvgIpc) is 3.20. The molecule has 5 nitrogen and oxygen atoms in total. The first-order valence-electron chi connectivity index (χ1n) is 11.6. The highest BCUT2D eigenvalue weighted by atomic mass is 32.2. The number of rotatable bonds is 11. The number of ether oxygens (including phenoxy) is 3. The van der Waals surface area contributed by atoms with Gasteiger partial charge in [0.2, 0.25) is 6.79 Å². The largest absolute Gasteiger partial charge is 0.484 e. The monoisotopic (exact) mass is 435 g/mol. The van der Waals surface area contributed by atoms with Gasteiger partial charge in [-0.2, -0.15) is 11.8 Å². The summed E-state index contributed by atoms with van der Waals surface area (Å²) in [6, 6.07) is 5.40. The summed E-state index contributed by atoms with van der Waals surface area (Å²) in [5.41, 5.74) is 0. The van der Waals surface area contributed by atoms with Crippen molar-refractivity contribution in [3.63, 3.8) is 0 Å². The lowest BCUT2D eigenvalue weighted by atomic mass is 9.88. The van der Waals surface area contributed by atoms with Crippen molar-refractivity contribution in [2.75, 3.05) is 38.0 Å². The van der Waals surface area contributed by atoms with Crippen LogP contribution < -0.4 is 14.2 Å². The Morgan fingerprint density at radius 2 is 1.87 bits per heavy atom. The van der Waals surface area contributed by atoms with E-state index < -0.39 is 0 Å². The minimum atomic E-state index is 0.0327. The highest BCUT2D eigenvalue weighted by molar-refractivity contribution is 7.99. The van der Waals surface area contributed by atoms with Gasteiger partial charge in [-0.1, -0.05) is 44.9 Å². The van der Waals surface area contributed by atoms with E-state index in [9.17, 15) is 4.79 Å². The molecule has 1 amide bonds. The molecular weight excluding hydrogens is 398 g/mol. The van der Waals surface area contributed by atoms with Crippen LogP contribution in [0.3, 0.4) is 0 Å². The number of benzene rings is 1. The summed E-state index contributed by atoms with van der Waals surface area (Å²) in [5, 5.41) is 0. The van der Waals surface area contributed by atoms with E-state index in [4.69, 9.17) is 14.2 Å². The molecule has 0 spiro atoms. The number of likely N-dealkylation sites (N-methyl/N-ethyl adjacent to an activating group) is 1. The Morgan fingerprint density at radius 3 is 2.67 bits per heavy atom. The van der Waals surface area contributed by atoms with Gasteiger partial charge in [0.05, 0.1) is 0 Å². The Hall–Kier alpha value is -1.56. The van der Waals surface area contributed by atoms with Crippen molar-refractivity contribution in [1.82, 2.24) is 4.90 Å². The molecule has 1 heterocycles. The molecule has 0 saturated heterocycles. The standard InChI is InChI=1S/C24H37NO4S/c1-2-25(14-16-30-15-8-11-20-9-6-4-3-5-7-10-20)24(26)18-27-21-12-13-22-23(17-21)29-19-28-22/h12-13,17,20H,2-11,14-16,18-19H2,1H3. The fourth-order valence-electron chi connectivity index (χ4n) is 4.24. The van der Waals surface area contributed by atoms with E-state index in [-0.39, 0.29) is 19.3 Å². The fourth-order valence-corrected chi connectivity index (χ4v) is 5.17. The minimum absolute atomic E-state index is 0.0327. The van der Waals surface area contributed by atoms with Crippen molar-refractivity contribution in [2.24, 2.45) is 5.92 Å². The van der Waals surface area contributed by atoms with Crippen molar-refractivity contribution >= 4 is 17.7 Å². The van der Waals surface area contributed by atoms with Crippen LogP contribution in [0, 0.1) is 5.92 Å². The number of fused-ring (bicyclic) bond motifs is 1. The third-order valence-corrected chi connectivity index (χ3v) is 7.12. The summed E-state index contributed by atoms with van der Waals surface area (Å²) in [6.45, 7) is 3.82. The number of hydrogen-bond donors (Lipinski definition) is 0. The van der Waals surface area contributed by atoms with Gasteiger partial charge >= 0.3 is 0 Å². The second-order valence-corrected chi connectivity index (χ2v) is 9.47. The van der Waals surface area contributed by atoms with Crippen LogP contribution >= 0.6 is 11.8 Å². The maximum atomic E-state index is 12.5. The van der Waals surface area contributed by atoms with Gasteiger partial charge in [-0.25, -0.2) is 0 Å². The summed E-state index contributed by atoms with van der Waals surface area (Å²) in [5.74, 6) is 5.20. The summed E-state index contributed by atoms with van der Waals surface area (Å²) in [7, 11) is 0. The Morgan fingerprint density at radius 1 is 1.10 bits per heavy atom. The van der Waals surface area contributed by atoms with Crippen LogP contribution in [-0.4, -0.2) is 48.8 Å². The van der Waals surface area contributed by atoms with E-state index in [0.717, 1.165) is 24.0 Å². The highest BCUT2D eigenvalue weighted by Crippen LogP contribution is 2.35. The van der Waals surface area contributed by atoms with Crippen LogP contribution in [0.2, 0.25) is 0 Å². The molecule has 1 fully saturated rings. The van der Waals surface area contributed by atoms with E-state index >= 15 is 0 Å². The van der Waals surface area contributed by atoms with Gasteiger partial charge in [0.1, 0.15) is 5.75 Å². The second kappa shape index (κ2) is 13.0. The Kier molecular flexibility index (Phi) is 10.0. The summed E-state index contributed by atoms with van der Waals surface area (Å²) in [6.07, 6.45) is 12.7. The normalized spacial score (nSPS) is 16.7. The molecule has 0 N–H and O–H groups in total. The highest BCUT2D eigenvalue weighted by Gasteiger charge is 2.16. The van der Waals surface area contributed by atoms with Crippen molar-refractivity contribution in [2.45, 2.75) is 64.7 Å². The van der Waals surface area contributed by atoms with Gasteiger partial charge in [-0.3, -0.25) is 4.79 Å². The molecule has 0 atom stereocenters. The van der Waals surface area contributed by atoms with Crippen LogP contribution in [0.25, 0.3) is 0 Å². The predicted octanol–water partition coefficient (Wildman–Crippen LogP) is 5.52. The van der Waals surface area contributed by atoms with E-state index in [1.165, 1.54) is 63.5 Å². The lowest BCUT2D eigenvalue weighted by Crippen LogP contribution is -2.36. The average molecular weight is 436 g/mol. The zero-order chi connectivity index (χ0) is 21.0. The molecule has 30 heavy (non-hydrogen) atoms. The number of amides is 1. The van der Waals surface area contributed by atoms with Gasteiger partial charge in [0.25, 0.3) is 5.91 Å². The molecule has 6 heteroatoms. The van der Waals surface area contributed by atoms with Crippen LogP contribution in [0.1, 0.15) is 64.7 Å². The van der Waals surface area contributed by atoms with Crippen LogP contribution in [-0.2, 0) is 4.79 Å². The van der Waals surface area contributed by atoms with Crippen molar-refractivity contribution in [3.05, 3.63) is 18.2 Å². The Balaban J connectivity index is 1.27. The molecule has 1 aliphatic carbocycles. The molecule has 0 unspecified atom stereocenters. The quantitative estimate of drug-likeness (QED) is 0.429. The molecule has 1 saturated carbocycles. The predicted molar refractivity (Wildman–Crippen MR) is 123 cm³/mol. The van der Waals surface area contributed by atoms with Crippen LogP contribution in [0.5, 0.6) is 17.2 Å². The topological polar surface area (TPSA) is 48.0 Å². The lowest BCUT2D eigenvalue weighted by molar-refractivity contribution is -0.132. The SMILES string of the molecule is CCN(CCSCCCC1CCCCCCC1)C(=O)COc1ccc2c(c1)OCO2. The molecule has 1 aliphatic heterocycles. The van der Waals surface area contributed by atoms with Gasteiger partial charge < -0.3 is 19.1 Å². The molecule has 2 aliphatic rings. The number of thioether (sulfide) groups is 1. The summed E-state index contributed by atoms with van der Waals surface area (Å²) < 4.78 is 16.3. The third-order valence-electron chi connectivity index (χ3n) is 6.07. The molecule has 0 radical (unpaired) electrons. The van der Waals surface area contributed by atoms with E-state index in [2.05, 4.69) is 0 Å². The first-order valence-corrected chi connectivity index (χ1v) is 12.8. The van der Waals surface area contributed by atoms with E-state index in [1.807, 2.05) is 35.7 Å². The number of carbonyl (C=O) groups excluding carboxylic acids is 1. The lowest BCUT2D eigenvalue weighted by Gasteiger charge is -2.21. The fraction of sp³-hybridized carbons (Fsp3) is 0.708. The maximum Gasteiger partial charge on any atom is 0.260 e. The Labute approximate surface area is 185 Å². The summed E-state index contributed by atoms with van der Waals surface area (Å²) in [4.78, 5) is 14.4. The van der Waals surface area contributed by atoms with E-state index in [1.54, 1.807) is 6.07 Å². The molecule has 3 rings (SSSR count). The third kappa shape index (κ3) is 7.60. The Bertz CT molecular complexity index is 646.